The molecule has 1 amide bonds. The number of hydrogen-bond donors (Lipinski definition) is 1. The second kappa shape index (κ2) is 10.8. The molecule has 1 fully saturated rings. The smallest absolute Gasteiger partial charge is 0.295 e. The summed E-state index contributed by atoms with van der Waals surface area (Å²) < 4.78 is 11.2. The van der Waals surface area contributed by atoms with Crippen molar-refractivity contribution in [3.8, 4) is 11.5 Å². The number of ether oxygens (including phenoxy) is 2. The summed E-state index contributed by atoms with van der Waals surface area (Å²) in [4.78, 5) is 30.2. The minimum absolute atomic E-state index is 0.0763. The van der Waals surface area contributed by atoms with Crippen LogP contribution in [0, 0.1) is 0 Å². The lowest BCUT2D eigenvalue weighted by atomic mass is 9.93. The van der Waals surface area contributed by atoms with Gasteiger partial charge in [0, 0.05) is 12.1 Å². The fourth-order valence-corrected chi connectivity index (χ4v) is 4.72. The maximum atomic E-state index is 13.4. The third kappa shape index (κ3) is 4.79. The Balaban J connectivity index is 1.89. The molecule has 3 aromatic rings. The number of aliphatic hydroxyl groups excluding tert-OH is 1. The predicted octanol–water partition coefficient (Wildman–Crippen LogP) is 4.62. The molecular formula is C29H32N2O5. The van der Waals surface area contributed by atoms with Gasteiger partial charge in [0.05, 0.1) is 25.3 Å². The van der Waals surface area contributed by atoms with E-state index in [-0.39, 0.29) is 11.3 Å². The van der Waals surface area contributed by atoms with Crippen LogP contribution in [-0.2, 0) is 9.59 Å². The van der Waals surface area contributed by atoms with Gasteiger partial charge in [-0.2, -0.15) is 0 Å². The summed E-state index contributed by atoms with van der Waals surface area (Å²) in [6, 6.07) is 17.8. The quantitative estimate of drug-likeness (QED) is 0.269. The Labute approximate surface area is 211 Å². The zero-order chi connectivity index (χ0) is 25.8. The van der Waals surface area contributed by atoms with Crippen molar-refractivity contribution in [3.05, 3.63) is 77.4 Å². The Morgan fingerprint density at radius 3 is 2.50 bits per heavy atom. The molecule has 1 unspecified atom stereocenters. The number of nitrogens with zero attached hydrogens (tertiary/aromatic N) is 2. The molecule has 0 spiro atoms. The van der Waals surface area contributed by atoms with Crippen molar-refractivity contribution in [2.24, 2.45) is 0 Å². The molecule has 1 N–H and O–H groups in total. The normalized spacial score (nSPS) is 17.2. The van der Waals surface area contributed by atoms with Crippen LogP contribution in [0.1, 0.15) is 30.5 Å². The number of amides is 1. The van der Waals surface area contributed by atoms with Gasteiger partial charge >= 0.3 is 0 Å². The number of benzene rings is 3. The molecule has 0 bridgehead atoms. The van der Waals surface area contributed by atoms with Crippen LogP contribution in [0.3, 0.4) is 0 Å². The standard InChI is InChI=1S/C29H32N2O5/c1-5-36-23-15-14-20(18-24(23)35-4)26-25(28(33)29(34)31(26)17-9-16-30(2)3)27(32)22-13-8-11-19-10-6-7-12-21(19)22/h6-8,10-15,18,26,32H,5,9,16-17H2,1-4H3/b27-25+. The molecule has 36 heavy (non-hydrogen) atoms. The van der Waals surface area contributed by atoms with Crippen LogP contribution in [0.25, 0.3) is 16.5 Å². The Bertz CT molecular complexity index is 1310. The molecule has 1 aliphatic rings. The van der Waals surface area contributed by atoms with Gasteiger partial charge in [-0.1, -0.05) is 48.5 Å². The number of Topliss-reactive ketones (excluding diaryl/α,β-unsaturated/α-hetero) is 1. The summed E-state index contributed by atoms with van der Waals surface area (Å²) in [5.41, 5.74) is 1.26. The molecule has 1 atom stereocenters. The van der Waals surface area contributed by atoms with Crippen molar-refractivity contribution in [2.45, 2.75) is 19.4 Å². The third-order valence-electron chi connectivity index (χ3n) is 6.39. The molecule has 0 radical (unpaired) electrons. The van der Waals surface area contributed by atoms with Crippen LogP contribution in [-0.4, -0.2) is 67.5 Å². The van der Waals surface area contributed by atoms with Crippen LogP contribution < -0.4 is 9.47 Å². The average Bonchev–Trinajstić information content (AvgIpc) is 3.13. The van der Waals surface area contributed by atoms with E-state index in [2.05, 4.69) is 0 Å². The lowest BCUT2D eigenvalue weighted by Gasteiger charge is -2.26. The van der Waals surface area contributed by atoms with Gasteiger partial charge in [0.1, 0.15) is 5.76 Å². The van der Waals surface area contributed by atoms with Crippen molar-refractivity contribution in [3.63, 3.8) is 0 Å². The van der Waals surface area contributed by atoms with Crippen molar-refractivity contribution in [1.29, 1.82) is 0 Å². The number of rotatable bonds is 9. The van der Waals surface area contributed by atoms with Gasteiger partial charge in [-0.25, -0.2) is 0 Å². The fourth-order valence-electron chi connectivity index (χ4n) is 4.72. The Kier molecular flexibility index (Phi) is 7.60. The topological polar surface area (TPSA) is 79.3 Å². The summed E-state index contributed by atoms with van der Waals surface area (Å²) in [5, 5.41) is 13.3. The van der Waals surface area contributed by atoms with Crippen molar-refractivity contribution >= 4 is 28.2 Å². The van der Waals surface area contributed by atoms with E-state index < -0.39 is 17.7 Å². The first kappa shape index (κ1) is 25.3. The number of likely N-dealkylation sites (tertiary alicyclic amines) is 1. The first-order valence-corrected chi connectivity index (χ1v) is 12.1. The van der Waals surface area contributed by atoms with Crippen molar-refractivity contribution < 1.29 is 24.2 Å². The van der Waals surface area contributed by atoms with Gasteiger partial charge in [0.15, 0.2) is 11.5 Å². The summed E-state index contributed by atoms with van der Waals surface area (Å²) in [7, 11) is 5.47. The van der Waals surface area contributed by atoms with E-state index >= 15 is 0 Å². The number of ketones is 1. The molecule has 1 aliphatic heterocycles. The lowest BCUT2D eigenvalue weighted by molar-refractivity contribution is -0.139. The number of aliphatic hydroxyl groups is 1. The largest absolute Gasteiger partial charge is 0.507 e. The zero-order valence-corrected chi connectivity index (χ0v) is 21.2. The van der Waals surface area contributed by atoms with Crippen molar-refractivity contribution in [2.75, 3.05) is 40.9 Å². The van der Waals surface area contributed by atoms with E-state index in [4.69, 9.17) is 9.47 Å². The van der Waals surface area contributed by atoms with Gasteiger partial charge in [0.2, 0.25) is 0 Å². The summed E-state index contributed by atoms with van der Waals surface area (Å²) in [5.74, 6) is -0.421. The molecule has 0 aliphatic carbocycles. The Morgan fingerprint density at radius 2 is 1.78 bits per heavy atom. The molecule has 7 nitrogen and oxygen atoms in total. The van der Waals surface area contributed by atoms with Gasteiger partial charge < -0.3 is 24.4 Å². The van der Waals surface area contributed by atoms with E-state index in [9.17, 15) is 14.7 Å². The highest BCUT2D eigenvalue weighted by molar-refractivity contribution is 6.46. The molecule has 0 aromatic heterocycles. The summed E-state index contributed by atoms with van der Waals surface area (Å²) in [6.45, 7) is 3.48. The number of carbonyl (C=O) groups excluding carboxylic acids is 2. The Hall–Kier alpha value is -3.84. The molecule has 188 valence electrons. The monoisotopic (exact) mass is 488 g/mol. The van der Waals surface area contributed by atoms with Crippen LogP contribution >= 0.6 is 0 Å². The SMILES string of the molecule is CCOc1ccc(C2/C(=C(\O)c3cccc4ccccc34)C(=O)C(=O)N2CCCN(C)C)cc1OC. The maximum Gasteiger partial charge on any atom is 0.295 e. The molecule has 1 saturated heterocycles. The van der Waals surface area contributed by atoms with E-state index in [1.165, 1.54) is 0 Å². The van der Waals surface area contributed by atoms with Gasteiger partial charge in [-0.05, 0) is 62.5 Å². The van der Waals surface area contributed by atoms with Crippen molar-refractivity contribution in [1.82, 2.24) is 9.80 Å². The van der Waals surface area contributed by atoms with E-state index in [1.807, 2.05) is 68.4 Å². The molecule has 4 rings (SSSR count). The number of fused-ring (bicyclic) bond motifs is 1. The van der Waals surface area contributed by atoms with Crippen LogP contribution in [0.15, 0.2) is 66.2 Å². The number of carbonyl (C=O) groups is 2. The molecule has 0 saturated carbocycles. The maximum absolute atomic E-state index is 13.4. The first-order valence-electron chi connectivity index (χ1n) is 12.1. The van der Waals surface area contributed by atoms with Crippen LogP contribution in [0.4, 0.5) is 0 Å². The second-order valence-electron chi connectivity index (χ2n) is 9.02. The van der Waals surface area contributed by atoms with Crippen LogP contribution in [0.2, 0.25) is 0 Å². The zero-order valence-electron chi connectivity index (χ0n) is 21.2. The molecule has 7 heteroatoms. The molecular weight excluding hydrogens is 456 g/mol. The van der Waals surface area contributed by atoms with Gasteiger partial charge in [0.25, 0.3) is 11.7 Å². The molecule has 3 aromatic carbocycles. The number of hydrogen-bond acceptors (Lipinski definition) is 6. The van der Waals surface area contributed by atoms with Gasteiger partial charge in [-0.3, -0.25) is 9.59 Å². The average molecular weight is 489 g/mol. The highest BCUT2D eigenvalue weighted by Gasteiger charge is 2.46. The van der Waals surface area contributed by atoms with Gasteiger partial charge in [-0.15, -0.1) is 0 Å². The predicted molar refractivity (Wildman–Crippen MR) is 140 cm³/mol. The highest BCUT2D eigenvalue weighted by Crippen LogP contribution is 2.42. The fraction of sp³-hybridized carbons (Fsp3) is 0.310. The van der Waals surface area contributed by atoms with E-state index in [0.717, 1.165) is 17.3 Å². The van der Waals surface area contributed by atoms with Crippen LogP contribution in [0.5, 0.6) is 11.5 Å². The third-order valence-corrected chi connectivity index (χ3v) is 6.39. The minimum Gasteiger partial charge on any atom is -0.507 e. The lowest BCUT2D eigenvalue weighted by Crippen LogP contribution is -2.32. The highest BCUT2D eigenvalue weighted by atomic mass is 16.5. The molecule has 1 heterocycles. The summed E-state index contributed by atoms with van der Waals surface area (Å²) in [6.07, 6.45) is 0.680. The van der Waals surface area contributed by atoms with E-state index in [0.29, 0.717) is 42.2 Å². The number of methoxy groups -OCH3 is 1. The van der Waals surface area contributed by atoms with E-state index in [1.54, 1.807) is 30.2 Å². The Morgan fingerprint density at radius 1 is 1.03 bits per heavy atom. The second-order valence-corrected chi connectivity index (χ2v) is 9.02. The first-order chi connectivity index (χ1) is 17.4. The summed E-state index contributed by atoms with van der Waals surface area (Å²) >= 11 is 0. The minimum atomic E-state index is -0.754.